The maximum Gasteiger partial charge on any atom is 0.251 e. The first-order valence-electron chi connectivity index (χ1n) is 11.4. The first-order chi connectivity index (χ1) is 17.5. The Morgan fingerprint density at radius 2 is 1.81 bits per heavy atom. The number of nitrogens with zero attached hydrogens (tertiary/aromatic N) is 3. The highest BCUT2D eigenvalue weighted by Crippen LogP contribution is 2.23. The van der Waals surface area contributed by atoms with E-state index in [1.165, 1.54) is 11.8 Å². The number of hydrogen-bond acceptors (Lipinski definition) is 7. The maximum absolute atomic E-state index is 12.7. The molecule has 9 nitrogen and oxygen atoms in total. The summed E-state index contributed by atoms with van der Waals surface area (Å²) in [5.41, 5.74) is 1.15. The molecule has 0 saturated carbocycles. The molecule has 0 unspecified atom stereocenters. The number of nitrogens with one attached hydrogen (secondary N) is 2. The number of fused-ring (bicyclic) bond motifs is 1. The monoisotopic (exact) mass is 505 g/mol. The van der Waals surface area contributed by atoms with Crippen LogP contribution in [0.1, 0.15) is 29.1 Å². The van der Waals surface area contributed by atoms with Gasteiger partial charge in [0.1, 0.15) is 11.8 Å². The van der Waals surface area contributed by atoms with Gasteiger partial charge in [0, 0.05) is 17.8 Å². The van der Waals surface area contributed by atoms with Gasteiger partial charge in [0.15, 0.2) is 11.0 Å². The Balaban J connectivity index is 1.40. The molecule has 0 saturated heterocycles. The summed E-state index contributed by atoms with van der Waals surface area (Å²) in [6.07, 6.45) is 0. The molecule has 1 aromatic heterocycles. The third kappa shape index (κ3) is 5.84. The molecule has 3 aromatic carbocycles. The Kier molecular flexibility index (Phi) is 8.19. The zero-order valence-electron chi connectivity index (χ0n) is 20.0. The van der Waals surface area contributed by atoms with Gasteiger partial charge in [0.05, 0.1) is 19.5 Å². The van der Waals surface area contributed by atoms with Gasteiger partial charge in [-0.05, 0) is 54.1 Å². The highest BCUT2D eigenvalue weighted by atomic mass is 32.2. The molecule has 3 N–H and O–H groups in total. The number of benzene rings is 3. The van der Waals surface area contributed by atoms with E-state index in [0.29, 0.717) is 28.8 Å². The van der Waals surface area contributed by atoms with E-state index in [-0.39, 0.29) is 24.2 Å². The van der Waals surface area contributed by atoms with Crippen LogP contribution in [0.25, 0.3) is 10.8 Å². The summed E-state index contributed by atoms with van der Waals surface area (Å²) in [6, 6.07) is 19.6. The first kappa shape index (κ1) is 25.2. The topological polar surface area (TPSA) is 118 Å². The summed E-state index contributed by atoms with van der Waals surface area (Å²) in [7, 11) is 1.55. The number of anilines is 1. The van der Waals surface area contributed by atoms with Gasteiger partial charge in [-0.2, -0.15) is 0 Å². The minimum Gasteiger partial charge on any atom is -0.497 e. The number of carbonyl (C=O) groups excluding carboxylic acids is 2. The van der Waals surface area contributed by atoms with Crippen LogP contribution in [0.5, 0.6) is 5.75 Å². The fraction of sp³-hybridized carbons (Fsp3) is 0.231. The van der Waals surface area contributed by atoms with Gasteiger partial charge in [-0.1, -0.05) is 42.1 Å². The lowest BCUT2D eigenvalue weighted by atomic mass is 10.1. The van der Waals surface area contributed by atoms with Crippen molar-refractivity contribution in [3.63, 3.8) is 0 Å². The summed E-state index contributed by atoms with van der Waals surface area (Å²) in [6.45, 7) is 2.06. The molecule has 0 spiro atoms. The van der Waals surface area contributed by atoms with Crippen molar-refractivity contribution in [1.82, 2.24) is 20.1 Å². The number of carbonyl (C=O) groups is 2. The van der Waals surface area contributed by atoms with Gasteiger partial charge in [-0.15, -0.1) is 10.2 Å². The number of hydrogen-bond donors (Lipinski definition) is 3. The summed E-state index contributed by atoms with van der Waals surface area (Å²) in [5.74, 6) is 0.661. The fourth-order valence-corrected chi connectivity index (χ4v) is 4.54. The second-order valence-electron chi connectivity index (χ2n) is 7.92. The third-order valence-corrected chi connectivity index (χ3v) is 6.55. The number of methoxy groups -OCH3 is 1. The number of aliphatic hydroxyl groups is 1. The molecule has 0 fully saturated rings. The molecule has 1 heterocycles. The minimum atomic E-state index is -0.757. The number of aliphatic hydroxyl groups excluding tert-OH is 1. The van der Waals surface area contributed by atoms with Crippen molar-refractivity contribution in [3.8, 4) is 5.75 Å². The number of rotatable bonds is 10. The van der Waals surface area contributed by atoms with Crippen molar-refractivity contribution < 1.29 is 19.4 Å². The van der Waals surface area contributed by atoms with E-state index >= 15 is 0 Å². The van der Waals surface area contributed by atoms with Crippen molar-refractivity contribution in [3.05, 3.63) is 78.1 Å². The summed E-state index contributed by atoms with van der Waals surface area (Å²) >= 11 is 1.24. The van der Waals surface area contributed by atoms with Crippen LogP contribution in [0, 0.1) is 0 Å². The van der Waals surface area contributed by atoms with Crippen molar-refractivity contribution in [2.24, 2.45) is 0 Å². The maximum atomic E-state index is 12.7. The van der Waals surface area contributed by atoms with E-state index in [0.717, 1.165) is 16.5 Å². The highest BCUT2D eigenvalue weighted by Gasteiger charge is 2.23. The van der Waals surface area contributed by atoms with Gasteiger partial charge in [0.2, 0.25) is 5.91 Å². The van der Waals surface area contributed by atoms with E-state index in [1.807, 2.05) is 49.4 Å². The number of amides is 2. The highest BCUT2D eigenvalue weighted by molar-refractivity contribution is 7.99. The lowest BCUT2D eigenvalue weighted by Crippen LogP contribution is -2.32. The van der Waals surface area contributed by atoms with Crippen LogP contribution in [0.4, 0.5) is 5.69 Å². The molecule has 0 bridgehead atoms. The predicted octanol–water partition coefficient (Wildman–Crippen LogP) is 3.65. The smallest absolute Gasteiger partial charge is 0.251 e. The van der Waals surface area contributed by atoms with Crippen molar-refractivity contribution in [1.29, 1.82) is 0 Å². The van der Waals surface area contributed by atoms with E-state index in [2.05, 4.69) is 20.8 Å². The van der Waals surface area contributed by atoms with Gasteiger partial charge >= 0.3 is 0 Å². The zero-order chi connectivity index (χ0) is 25.5. The average molecular weight is 506 g/mol. The van der Waals surface area contributed by atoms with E-state index in [4.69, 9.17) is 4.74 Å². The van der Waals surface area contributed by atoms with Gasteiger partial charge < -0.3 is 25.0 Å². The molecule has 186 valence electrons. The van der Waals surface area contributed by atoms with Crippen molar-refractivity contribution >= 4 is 40.0 Å². The second kappa shape index (κ2) is 11.7. The Morgan fingerprint density at radius 3 is 2.50 bits per heavy atom. The Hall–Kier alpha value is -3.89. The molecule has 0 aliphatic carbocycles. The van der Waals surface area contributed by atoms with Crippen molar-refractivity contribution in [2.45, 2.75) is 24.7 Å². The number of ether oxygens (including phenoxy) is 1. The summed E-state index contributed by atoms with van der Waals surface area (Å²) in [4.78, 5) is 25.3. The molecule has 4 aromatic rings. The SMILES string of the molecule is CCn1c(SCC(=O)Nc2ccc3ccccc3c2)nnc1[C@@H](CO)NC(=O)c1ccc(OC)cc1. The molecule has 2 amide bonds. The zero-order valence-corrected chi connectivity index (χ0v) is 20.8. The van der Waals surface area contributed by atoms with Gasteiger partial charge in [-0.25, -0.2) is 0 Å². The first-order valence-corrected chi connectivity index (χ1v) is 12.4. The lowest BCUT2D eigenvalue weighted by Gasteiger charge is -2.17. The fourth-order valence-electron chi connectivity index (χ4n) is 3.73. The molecule has 0 aliphatic heterocycles. The van der Waals surface area contributed by atoms with E-state index in [1.54, 1.807) is 35.9 Å². The van der Waals surface area contributed by atoms with Gasteiger partial charge in [0.25, 0.3) is 5.91 Å². The van der Waals surface area contributed by atoms with Gasteiger partial charge in [-0.3, -0.25) is 9.59 Å². The third-order valence-electron chi connectivity index (χ3n) is 5.58. The van der Waals surface area contributed by atoms with E-state index in [9.17, 15) is 14.7 Å². The van der Waals surface area contributed by atoms with Crippen molar-refractivity contribution in [2.75, 3.05) is 24.8 Å². The minimum absolute atomic E-state index is 0.132. The Bertz CT molecular complexity index is 1360. The lowest BCUT2D eigenvalue weighted by molar-refractivity contribution is -0.113. The van der Waals surface area contributed by atoms with Crippen LogP contribution in [-0.4, -0.2) is 51.2 Å². The summed E-state index contributed by atoms with van der Waals surface area (Å²) < 4.78 is 6.90. The molecule has 10 heteroatoms. The number of aromatic nitrogens is 3. The van der Waals surface area contributed by atoms with Crippen LogP contribution in [0.2, 0.25) is 0 Å². The Morgan fingerprint density at radius 1 is 1.06 bits per heavy atom. The second-order valence-corrected chi connectivity index (χ2v) is 8.86. The largest absolute Gasteiger partial charge is 0.497 e. The van der Waals surface area contributed by atoms with Crippen LogP contribution >= 0.6 is 11.8 Å². The quantitative estimate of drug-likeness (QED) is 0.282. The Labute approximate surface area is 212 Å². The molecule has 0 aliphatic rings. The molecular weight excluding hydrogens is 478 g/mol. The van der Waals surface area contributed by atoms with Crippen LogP contribution < -0.4 is 15.4 Å². The van der Waals surface area contributed by atoms with Crippen LogP contribution in [0.15, 0.2) is 71.9 Å². The van der Waals surface area contributed by atoms with E-state index < -0.39 is 6.04 Å². The van der Waals surface area contributed by atoms with Crippen LogP contribution in [-0.2, 0) is 11.3 Å². The summed E-state index contributed by atoms with van der Waals surface area (Å²) in [5, 5.41) is 26.7. The molecule has 1 atom stereocenters. The molecule has 4 rings (SSSR count). The molecule has 0 radical (unpaired) electrons. The molecular formula is C26H27N5O4S. The molecule has 36 heavy (non-hydrogen) atoms. The van der Waals surface area contributed by atoms with Crippen LogP contribution in [0.3, 0.4) is 0 Å². The average Bonchev–Trinajstić information content (AvgIpc) is 3.33. The normalized spacial score (nSPS) is 11.8. The standard InChI is InChI=1S/C26H27N5O4S/c1-3-31-24(22(15-32)28-25(34)18-9-12-21(35-2)13-10-18)29-30-26(31)36-16-23(33)27-20-11-8-17-6-4-5-7-19(17)14-20/h4-14,22,32H,3,15-16H2,1-2H3,(H,27,33)(H,28,34)/t22-/m1/s1. The predicted molar refractivity (Wildman–Crippen MR) is 139 cm³/mol. The number of thioether (sulfide) groups is 1.